The van der Waals surface area contributed by atoms with E-state index in [-0.39, 0.29) is 35.8 Å². The average molecular weight is 540 g/mol. The molecule has 0 aliphatic carbocycles. The van der Waals surface area contributed by atoms with Crippen molar-refractivity contribution in [1.29, 1.82) is 0 Å². The lowest BCUT2D eigenvalue weighted by Gasteiger charge is -2.23. The largest absolute Gasteiger partial charge is 0.481 e. The smallest absolute Gasteiger partial charge is 0.304 e. The minimum absolute atomic E-state index is 0.00752. The van der Waals surface area contributed by atoms with Gasteiger partial charge in [-0.05, 0) is 54.8 Å². The molecule has 0 amide bonds. The molecule has 1 aliphatic heterocycles. The molecule has 1 unspecified atom stereocenters. The van der Waals surface area contributed by atoms with Gasteiger partial charge >= 0.3 is 5.97 Å². The van der Waals surface area contributed by atoms with Crippen LogP contribution in [-0.4, -0.2) is 56.4 Å². The maximum absolute atomic E-state index is 15.1. The first-order valence-electron chi connectivity index (χ1n) is 12.0. The first-order chi connectivity index (χ1) is 18.1. The molecule has 2 aromatic carbocycles. The number of hydrogen-bond acceptors (Lipinski definition) is 7. The van der Waals surface area contributed by atoms with Crippen molar-refractivity contribution in [2.75, 3.05) is 6.54 Å². The lowest BCUT2D eigenvalue weighted by Crippen LogP contribution is -2.35. The number of nitrogens with zero attached hydrogens (tertiary/aromatic N) is 5. The van der Waals surface area contributed by atoms with Gasteiger partial charge in [0.2, 0.25) is 15.9 Å². The molecular weight excluding hydrogens is 513 g/mol. The molecule has 0 bridgehead atoms. The third kappa shape index (κ3) is 4.61. The van der Waals surface area contributed by atoms with Crippen molar-refractivity contribution in [1.82, 2.24) is 24.3 Å². The van der Waals surface area contributed by atoms with Crippen LogP contribution in [0.15, 0.2) is 53.6 Å². The number of hydrogen-bond donors (Lipinski definition) is 1. The van der Waals surface area contributed by atoms with Gasteiger partial charge in [0.25, 0.3) is 0 Å². The van der Waals surface area contributed by atoms with E-state index in [0.29, 0.717) is 11.1 Å². The van der Waals surface area contributed by atoms with Crippen molar-refractivity contribution in [3.8, 4) is 5.88 Å². The second-order valence-electron chi connectivity index (χ2n) is 9.39. The number of aryl methyl sites for hydroxylation is 2. The van der Waals surface area contributed by atoms with Gasteiger partial charge in [0.15, 0.2) is 0 Å². The van der Waals surface area contributed by atoms with E-state index in [1.54, 1.807) is 24.7 Å². The Bertz CT molecular complexity index is 1660. The van der Waals surface area contributed by atoms with E-state index >= 15 is 4.39 Å². The highest BCUT2D eigenvalue weighted by Crippen LogP contribution is 2.35. The van der Waals surface area contributed by atoms with Gasteiger partial charge in [-0.15, -0.1) is 5.10 Å². The van der Waals surface area contributed by atoms with Crippen LogP contribution in [-0.2, 0) is 28.4 Å². The van der Waals surface area contributed by atoms with Crippen molar-refractivity contribution < 1.29 is 27.4 Å². The van der Waals surface area contributed by atoms with Gasteiger partial charge in [-0.3, -0.25) is 4.79 Å². The number of rotatable bonds is 6. The van der Waals surface area contributed by atoms with Crippen LogP contribution >= 0.6 is 0 Å². The predicted octanol–water partition coefficient (Wildman–Crippen LogP) is 3.39. The molecule has 3 heterocycles. The van der Waals surface area contributed by atoms with Gasteiger partial charge in [-0.1, -0.05) is 23.4 Å². The Morgan fingerprint density at radius 2 is 2.05 bits per heavy atom. The average Bonchev–Trinajstić information content (AvgIpc) is 3.21. The summed E-state index contributed by atoms with van der Waals surface area (Å²) in [6.07, 6.45) is 0.681. The number of halogens is 1. The Labute approximate surface area is 218 Å². The Kier molecular flexibility index (Phi) is 6.61. The normalized spacial score (nSPS) is 17.9. The van der Waals surface area contributed by atoms with Crippen LogP contribution in [0.5, 0.6) is 5.88 Å². The highest BCUT2D eigenvalue weighted by Gasteiger charge is 2.35. The lowest BCUT2D eigenvalue weighted by atomic mass is 9.85. The van der Waals surface area contributed by atoms with Crippen LogP contribution in [0.3, 0.4) is 0 Å². The quantitative estimate of drug-likeness (QED) is 0.395. The van der Waals surface area contributed by atoms with Crippen molar-refractivity contribution in [2.24, 2.45) is 7.05 Å². The Morgan fingerprint density at radius 1 is 1.26 bits per heavy atom. The first-order valence-corrected chi connectivity index (χ1v) is 13.4. The van der Waals surface area contributed by atoms with Gasteiger partial charge < -0.3 is 9.84 Å². The molecule has 5 rings (SSSR count). The molecule has 4 aromatic rings. The van der Waals surface area contributed by atoms with Crippen LogP contribution in [0, 0.1) is 12.7 Å². The zero-order chi connectivity index (χ0) is 27.2. The maximum atomic E-state index is 15.1. The topological polar surface area (TPSA) is 128 Å². The van der Waals surface area contributed by atoms with Crippen LogP contribution in [0.25, 0.3) is 11.0 Å². The molecule has 0 spiro atoms. The fraction of sp³-hybridized carbons (Fsp3) is 0.308. The van der Waals surface area contributed by atoms with Gasteiger partial charge in [-0.2, -0.15) is 4.31 Å². The van der Waals surface area contributed by atoms with E-state index in [4.69, 9.17) is 4.74 Å². The number of benzene rings is 2. The fourth-order valence-electron chi connectivity index (χ4n) is 4.89. The molecule has 0 fully saturated rings. The standard InChI is InChI=1S/C26H26FN5O5S/c1-15-13-32(38(35,36)23-5-4-10-28-26(23)37-15)14-18-11-17(6-8-21(18)27)20(12-24(33)34)19-7-9-22-25(16(19)2)29-30-31(22)3/h4-11,15,20H,12-14H2,1-3H3,(H,33,34)/t15-,20?/m1/s1. The molecule has 38 heavy (non-hydrogen) atoms. The van der Waals surface area contributed by atoms with Crippen molar-refractivity contribution in [3.05, 3.63) is 76.7 Å². The summed E-state index contributed by atoms with van der Waals surface area (Å²) < 4.78 is 50.5. The number of fused-ring (bicyclic) bond motifs is 2. The number of pyridine rings is 1. The highest BCUT2D eigenvalue weighted by atomic mass is 32.2. The Balaban J connectivity index is 1.56. The number of ether oxygens (including phenoxy) is 1. The second-order valence-corrected chi connectivity index (χ2v) is 11.3. The monoisotopic (exact) mass is 539 g/mol. The van der Waals surface area contributed by atoms with Crippen molar-refractivity contribution >= 4 is 27.0 Å². The minimum Gasteiger partial charge on any atom is -0.481 e. The van der Waals surface area contributed by atoms with E-state index in [2.05, 4.69) is 15.3 Å². The van der Waals surface area contributed by atoms with Crippen molar-refractivity contribution in [2.45, 2.75) is 43.7 Å². The molecular formula is C26H26FN5O5S. The Hall–Kier alpha value is -3.90. The molecule has 198 valence electrons. The molecule has 0 radical (unpaired) electrons. The summed E-state index contributed by atoms with van der Waals surface area (Å²) in [7, 11) is -2.26. The highest BCUT2D eigenvalue weighted by molar-refractivity contribution is 7.89. The zero-order valence-corrected chi connectivity index (χ0v) is 21.8. The third-order valence-electron chi connectivity index (χ3n) is 6.78. The predicted molar refractivity (Wildman–Crippen MR) is 136 cm³/mol. The summed E-state index contributed by atoms with van der Waals surface area (Å²) >= 11 is 0. The summed E-state index contributed by atoms with van der Waals surface area (Å²) in [4.78, 5) is 15.8. The van der Waals surface area contributed by atoms with Crippen LogP contribution in [0.1, 0.15) is 41.5 Å². The van der Waals surface area contributed by atoms with E-state index in [0.717, 1.165) is 20.9 Å². The molecule has 0 saturated heterocycles. The number of aromatic nitrogens is 4. The first kappa shape index (κ1) is 25.7. The SMILES string of the molecule is Cc1c(C(CC(=O)O)c2ccc(F)c(CN3C[C@@H](C)Oc4ncccc4S3(=O)=O)c2)ccc2c1nnn2C. The lowest BCUT2D eigenvalue weighted by molar-refractivity contribution is -0.137. The Morgan fingerprint density at radius 3 is 2.82 bits per heavy atom. The van der Waals surface area contributed by atoms with Gasteiger partial charge in [0.05, 0.1) is 18.5 Å². The summed E-state index contributed by atoms with van der Waals surface area (Å²) in [6, 6.07) is 10.9. The number of aliphatic carboxylic acids is 1. The molecule has 2 aromatic heterocycles. The molecule has 2 atom stereocenters. The number of carboxylic acid groups (broad SMARTS) is 1. The van der Waals surface area contributed by atoms with Gasteiger partial charge in [-0.25, -0.2) is 22.5 Å². The van der Waals surface area contributed by atoms with E-state index in [1.165, 1.54) is 30.5 Å². The van der Waals surface area contributed by atoms with E-state index < -0.39 is 33.8 Å². The summed E-state index contributed by atoms with van der Waals surface area (Å²) in [6.45, 7) is 3.30. The number of carbonyl (C=O) groups is 1. The summed E-state index contributed by atoms with van der Waals surface area (Å²) in [5, 5.41) is 18.0. The van der Waals surface area contributed by atoms with Crippen molar-refractivity contribution in [3.63, 3.8) is 0 Å². The molecule has 0 saturated carbocycles. The summed E-state index contributed by atoms with van der Waals surface area (Å²) in [5.41, 5.74) is 3.63. The maximum Gasteiger partial charge on any atom is 0.304 e. The van der Waals surface area contributed by atoms with Gasteiger partial charge in [0, 0.05) is 31.3 Å². The van der Waals surface area contributed by atoms with Crippen LogP contribution in [0.2, 0.25) is 0 Å². The number of carboxylic acids is 1. The van der Waals surface area contributed by atoms with Crippen LogP contribution < -0.4 is 4.74 Å². The van der Waals surface area contributed by atoms with Gasteiger partial charge in [0.1, 0.15) is 22.3 Å². The van der Waals surface area contributed by atoms with E-state index in [1.807, 2.05) is 19.1 Å². The minimum atomic E-state index is -4.03. The zero-order valence-electron chi connectivity index (χ0n) is 21.0. The third-order valence-corrected chi connectivity index (χ3v) is 8.60. The second kappa shape index (κ2) is 9.76. The molecule has 12 heteroatoms. The number of sulfonamides is 1. The molecule has 1 N–H and O–H groups in total. The fourth-order valence-corrected chi connectivity index (χ4v) is 6.46. The van der Waals surface area contributed by atoms with Crippen LogP contribution in [0.4, 0.5) is 4.39 Å². The molecule has 10 nitrogen and oxygen atoms in total. The van der Waals surface area contributed by atoms with E-state index in [9.17, 15) is 18.3 Å². The summed E-state index contributed by atoms with van der Waals surface area (Å²) in [5.74, 6) is -2.23. The molecule has 1 aliphatic rings.